The van der Waals surface area contributed by atoms with Crippen LogP contribution in [0.25, 0.3) is 0 Å². The Morgan fingerprint density at radius 3 is 2.75 bits per heavy atom. The normalized spacial score (nSPS) is 20.1. The van der Waals surface area contributed by atoms with Crippen molar-refractivity contribution in [2.45, 2.75) is 25.3 Å². The number of hydrogen-bond donors (Lipinski definition) is 1. The topological polar surface area (TPSA) is 38.9 Å². The summed E-state index contributed by atoms with van der Waals surface area (Å²) in [5, 5.41) is 0. The van der Waals surface area contributed by atoms with Crippen LogP contribution >= 0.6 is 0 Å². The van der Waals surface area contributed by atoms with E-state index in [2.05, 4.69) is 4.98 Å². The van der Waals surface area contributed by atoms with Gasteiger partial charge in [0.1, 0.15) is 0 Å². The van der Waals surface area contributed by atoms with E-state index in [4.69, 9.17) is 5.73 Å². The maximum Gasteiger partial charge on any atom is 0.0573 e. The van der Waals surface area contributed by atoms with Gasteiger partial charge >= 0.3 is 0 Å². The van der Waals surface area contributed by atoms with Crippen LogP contribution in [-0.2, 0) is 0 Å². The largest absolute Gasteiger partial charge is 0.322 e. The molecule has 2 rings (SSSR count). The molecule has 0 aromatic carbocycles. The second kappa shape index (κ2) is 3.23. The lowest BCUT2D eigenvalue weighted by atomic mass is 9.79. The number of pyridine rings is 1. The Labute approximate surface area is 72.8 Å². The van der Waals surface area contributed by atoms with Crippen LogP contribution in [0.1, 0.15) is 31.0 Å². The van der Waals surface area contributed by atoms with Gasteiger partial charge in [-0.3, -0.25) is 4.98 Å². The minimum absolute atomic E-state index is 0.167. The molecule has 0 aliphatic heterocycles. The second-order valence-corrected chi connectivity index (χ2v) is 3.47. The molecule has 0 spiro atoms. The van der Waals surface area contributed by atoms with Crippen molar-refractivity contribution in [2.24, 2.45) is 11.7 Å². The molecule has 0 bridgehead atoms. The van der Waals surface area contributed by atoms with Crippen LogP contribution in [0.4, 0.5) is 0 Å². The van der Waals surface area contributed by atoms with E-state index in [0.717, 1.165) is 5.69 Å². The van der Waals surface area contributed by atoms with Crippen LogP contribution in [-0.4, -0.2) is 4.98 Å². The summed E-state index contributed by atoms with van der Waals surface area (Å²) in [5.41, 5.74) is 7.08. The van der Waals surface area contributed by atoms with E-state index >= 15 is 0 Å². The molecule has 1 aromatic heterocycles. The number of nitrogens with two attached hydrogens (primary N) is 1. The molecule has 1 aliphatic rings. The number of hydrogen-bond acceptors (Lipinski definition) is 2. The van der Waals surface area contributed by atoms with Crippen LogP contribution in [0.3, 0.4) is 0 Å². The fraction of sp³-hybridized carbons (Fsp3) is 0.500. The number of nitrogens with zero attached hydrogens (tertiary/aromatic N) is 1. The van der Waals surface area contributed by atoms with E-state index in [-0.39, 0.29) is 6.04 Å². The van der Waals surface area contributed by atoms with E-state index < -0.39 is 0 Å². The van der Waals surface area contributed by atoms with Crippen molar-refractivity contribution in [3.8, 4) is 0 Å². The summed E-state index contributed by atoms with van der Waals surface area (Å²) < 4.78 is 0. The Kier molecular flexibility index (Phi) is 2.09. The minimum atomic E-state index is 0.167. The van der Waals surface area contributed by atoms with Gasteiger partial charge in [0.25, 0.3) is 0 Å². The molecule has 12 heavy (non-hydrogen) atoms. The number of rotatable bonds is 2. The first kappa shape index (κ1) is 7.74. The van der Waals surface area contributed by atoms with Gasteiger partial charge in [0, 0.05) is 12.2 Å². The van der Waals surface area contributed by atoms with E-state index in [1.807, 2.05) is 24.4 Å². The molecule has 1 saturated carbocycles. The zero-order chi connectivity index (χ0) is 8.39. The Morgan fingerprint density at radius 2 is 2.25 bits per heavy atom. The molecule has 0 saturated heterocycles. The fourth-order valence-electron chi connectivity index (χ4n) is 1.61. The maximum atomic E-state index is 6.04. The molecular formula is C10H14N2. The Bertz CT molecular complexity index is 241. The first-order valence-corrected chi connectivity index (χ1v) is 4.54. The fourth-order valence-corrected chi connectivity index (χ4v) is 1.61. The third-order valence-electron chi connectivity index (χ3n) is 2.69. The molecule has 2 heteroatoms. The minimum Gasteiger partial charge on any atom is -0.322 e. The first-order valence-electron chi connectivity index (χ1n) is 4.54. The summed E-state index contributed by atoms with van der Waals surface area (Å²) in [6.45, 7) is 0. The van der Waals surface area contributed by atoms with Gasteiger partial charge in [-0.25, -0.2) is 0 Å². The van der Waals surface area contributed by atoms with Crippen LogP contribution in [0.5, 0.6) is 0 Å². The number of aromatic nitrogens is 1. The van der Waals surface area contributed by atoms with Gasteiger partial charge in [0.05, 0.1) is 5.69 Å². The van der Waals surface area contributed by atoms with Crippen molar-refractivity contribution in [2.75, 3.05) is 0 Å². The van der Waals surface area contributed by atoms with Crippen molar-refractivity contribution in [1.82, 2.24) is 4.98 Å². The van der Waals surface area contributed by atoms with Crippen LogP contribution in [0, 0.1) is 5.92 Å². The molecule has 1 heterocycles. The summed E-state index contributed by atoms with van der Waals surface area (Å²) in [6.07, 6.45) is 5.70. The zero-order valence-electron chi connectivity index (χ0n) is 7.11. The van der Waals surface area contributed by atoms with E-state index in [1.165, 1.54) is 19.3 Å². The quantitative estimate of drug-likeness (QED) is 0.721. The standard InChI is InChI=1S/C10H14N2/c11-10(8-4-3-5-8)9-6-1-2-7-12-9/h1-2,6-8,10H,3-5,11H2/t10-/m1/s1. The molecule has 64 valence electrons. The summed E-state index contributed by atoms with van der Waals surface area (Å²) in [5.74, 6) is 0.680. The third-order valence-corrected chi connectivity index (χ3v) is 2.69. The van der Waals surface area contributed by atoms with E-state index in [9.17, 15) is 0 Å². The van der Waals surface area contributed by atoms with Crippen LogP contribution in [0.2, 0.25) is 0 Å². The predicted molar refractivity (Wildman–Crippen MR) is 48.5 cm³/mol. The molecule has 1 aromatic rings. The summed E-state index contributed by atoms with van der Waals surface area (Å²) in [4.78, 5) is 4.26. The molecule has 1 atom stereocenters. The lowest BCUT2D eigenvalue weighted by Gasteiger charge is -2.30. The molecule has 1 aliphatic carbocycles. The van der Waals surface area contributed by atoms with Crippen molar-refractivity contribution in [3.05, 3.63) is 30.1 Å². The highest BCUT2D eigenvalue weighted by atomic mass is 14.8. The molecule has 2 nitrogen and oxygen atoms in total. The zero-order valence-corrected chi connectivity index (χ0v) is 7.11. The Morgan fingerprint density at radius 1 is 1.42 bits per heavy atom. The highest BCUT2D eigenvalue weighted by Crippen LogP contribution is 2.35. The van der Waals surface area contributed by atoms with Gasteiger partial charge in [0.15, 0.2) is 0 Å². The van der Waals surface area contributed by atoms with Gasteiger partial charge in [-0.1, -0.05) is 12.5 Å². The third kappa shape index (κ3) is 1.34. The van der Waals surface area contributed by atoms with Crippen molar-refractivity contribution >= 4 is 0 Å². The second-order valence-electron chi connectivity index (χ2n) is 3.47. The van der Waals surface area contributed by atoms with Crippen LogP contribution in [0.15, 0.2) is 24.4 Å². The van der Waals surface area contributed by atoms with Gasteiger partial charge in [-0.2, -0.15) is 0 Å². The highest BCUT2D eigenvalue weighted by molar-refractivity contribution is 5.09. The molecule has 0 amide bonds. The molecule has 2 N–H and O–H groups in total. The van der Waals surface area contributed by atoms with Gasteiger partial charge in [-0.05, 0) is 30.9 Å². The highest BCUT2D eigenvalue weighted by Gasteiger charge is 2.25. The Balaban J connectivity index is 2.08. The van der Waals surface area contributed by atoms with Gasteiger partial charge in [0.2, 0.25) is 0 Å². The average molecular weight is 162 g/mol. The lowest BCUT2D eigenvalue weighted by molar-refractivity contribution is 0.261. The summed E-state index contributed by atoms with van der Waals surface area (Å²) >= 11 is 0. The monoisotopic (exact) mass is 162 g/mol. The summed E-state index contributed by atoms with van der Waals surface area (Å²) in [6, 6.07) is 6.11. The smallest absolute Gasteiger partial charge is 0.0573 e. The molecular weight excluding hydrogens is 148 g/mol. The van der Waals surface area contributed by atoms with Gasteiger partial charge < -0.3 is 5.73 Å². The molecule has 0 radical (unpaired) electrons. The lowest BCUT2D eigenvalue weighted by Crippen LogP contribution is -2.27. The van der Waals surface area contributed by atoms with Crippen molar-refractivity contribution in [3.63, 3.8) is 0 Å². The van der Waals surface area contributed by atoms with Crippen molar-refractivity contribution in [1.29, 1.82) is 0 Å². The van der Waals surface area contributed by atoms with E-state index in [1.54, 1.807) is 0 Å². The SMILES string of the molecule is N[C@@H](c1ccccn1)C1CCC1. The molecule has 1 fully saturated rings. The van der Waals surface area contributed by atoms with Crippen molar-refractivity contribution < 1.29 is 0 Å². The first-order chi connectivity index (χ1) is 5.88. The predicted octanol–water partition coefficient (Wildman–Crippen LogP) is 1.88. The van der Waals surface area contributed by atoms with E-state index in [0.29, 0.717) is 5.92 Å². The maximum absolute atomic E-state index is 6.04. The van der Waals surface area contributed by atoms with Gasteiger partial charge in [-0.15, -0.1) is 0 Å². The van der Waals surface area contributed by atoms with Crippen LogP contribution < -0.4 is 5.73 Å². The Hall–Kier alpha value is -0.890. The summed E-state index contributed by atoms with van der Waals surface area (Å²) in [7, 11) is 0. The average Bonchev–Trinajstić information content (AvgIpc) is 2.03. The molecule has 0 unspecified atom stereocenters.